The minimum absolute atomic E-state index is 0.139. The summed E-state index contributed by atoms with van der Waals surface area (Å²) >= 11 is 0. The number of hydrogen-bond acceptors (Lipinski definition) is 3. The monoisotopic (exact) mass is 335 g/mol. The molecule has 0 amide bonds. The van der Waals surface area contributed by atoms with Crippen LogP contribution in [0.1, 0.15) is 55.6 Å². The van der Waals surface area contributed by atoms with E-state index in [1.54, 1.807) is 12.1 Å². The lowest BCUT2D eigenvalue weighted by molar-refractivity contribution is 0.0526. The van der Waals surface area contributed by atoms with Gasteiger partial charge in [0, 0.05) is 11.4 Å². The quantitative estimate of drug-likeness (QED) is 0.729. The Labute approximate surface area is 149 Å². The summed E-state index contributed by atoms with van der Waals surface area (Å²) in [5.74, 6) is -0.285. The van der Waals surface area contributed by atoms with Crippen molar-refractivity contribution in [3.8, 4) is 0 Å². The average molecular weight is 335 g/mol. The van der Waals surface area contributed by atoms with Crippen molar-refractivity contribution < 1.29 is 9.53 Å². The predicted molar refractivity (Wildman–Crippen MR) is 103 cm³/mol. The van der Waals surface area contributed by atoms with Crippen LogP contribution in [0, 0.1) is 0 Å². The largest absolute Gasteiger partial charge is 0.462 e. The number of ether oxygens (including phenoxy) is 1. The zero-order valence-corrected chi connectivity index (χ0v) is 15.3. The highest BCUT2D eigenvalue weighted by Gasteiger charge is 2.26. The van der Waals surface area contributed by atoms with E-state index in [0.29, 0.717) is 12.2 Å². The van der Waals surface area contributed by atoms with Crippen LogP contribution in [0.5, 0.6) is 0 Å². The highest BCUT2D eigenvalue weighted by atomic mass is 16.5. The Morgan fingerprint density at radius 2 is 1.80 bits per heavy atom. The van der Waals surface area contributed by atoms with E-state index >= 15 is 0 Å². The zero-order valence-electron chi connectivity index (χ0n) is 15.3. The van der Waals surface area contributed by atoms with Gasteiger partial charge >= 0.3 is 5.97 Å². The van der Waals surface area contributed by atoms with Crippen LogP contribution >= 0.6 is 0 Å². The van der Waals surface area contributed by atoms with Gasteiger partial charge in [-0.3, -0.25) is 0 Å². The smallest absolute Gasteiger partial charge is 0.338 e. The van der Waals surface area contributed by atoms with E-state index in [4.69, 9.17) is 4.74 Å². The van der Waals surface area contributed by atoms with Crippen LogP contribution in [0.25, 0.3) is 5.57 Å². The first-order valence-electron chi connectivity index (χ1n) is 8.76. The maximum Gasteiger partial charge on any atom is 0.338 e. The fraction of sp³-hybridized carbons (Fsp3) is 0.318. The van der Waals surface area contributed by atoms with E-state index in [1.165, 1.54) is 16.7 Å². The second-order valence-electron chi connectivity index (χ2n) is 7.16. The molecule has 0 bridgehead atoms. The number of benzene rings is 2. The van der Waals surface area contributed by atoms with Gasteiger partial charge in [-0.1, -0.05) is 26.0 Å². The summed E-state index contributed by atoms with van der Waals surface area (Å²) in [4.78, 5) is 11.7. The maximum absolute atomic E-state index is 11.7. The van der Waals surface area contributed by atoms with Crippen LogP contribution in [-0.4, -0.2) is 12.6 Å². The van der Waals surface area contributed by atoms with E-state index in [9.17, 15) is 4.79 Å². The topological polar surface area (TPSA) is 38.3 Å². The van der Waals surface area contributed by atoms with Crippen molar-refractivity contribution in [2.75, 3.05) is 11.9 Å². The van der Waals surface area contributed by atoms with Gasteiger partial charge in [-0.05, 0) is 78.8 Å². The number of rotatable bonds is 4. The molecule has 0 atom stereocenters. The first-order valence-corrected chi connectivity index (χ1v) is 8.76. The molecular formula is C22H25NO2. The molecule has 0 heterocycles. The Bertz CT molecular complexity index is 816. The van der Waals surface area contributed by atoms with E-state index in [0.717, 1.165) is 17.8 Å². The molecule has 0 unspecified atom stereocenters. The number of esters is 1. The molecule has 0 spiro atoms. The van der Waals surface area contributed by atoms with Crippen LogP contribution in [0.4, 0.5) is 11.4 Å². The standard InChI is InChI=1S/C22H25NO2/c1-5-25-21(24)16-6-8-17(9-7-16)23-18-10-11-19-15(2)12-13-22(3,4)20(19)14-18/h6-12,14,23H,5,13H2,1-4H3. The van der Waals surface area contributed by atoms with Crippen LogP contribution < -0.4 is 5.32 Å². The molecule has 1 aliphatic rings. The summed E-state index contributed by atoms with van der Waals surface area (Å²) in [6.45, 7) is 8.94. The Morgan fingerprint density at radius 1 is 1.12 bits per heavy atom. The van der Waals surface area contributed by atoms with Crippen molar-refractivity contribution in [1.82, 2.24) is 0 Å². The highest BCUT2D eigenvalue weighted by molar-refractivity contribution is 5.90. The Hall–Kier alpha value is -2.55. The number of carbonyl (C=O) groups is 1. The molecule has 0 aromatic heterocycles. The van der Waals surface area contributed by atoms with Crippen molar-refractivity contribution in [1.29, 1.82) is 0 Å². The van der Waals surface area contributed by atoms with Gasteiger partial charge in [0.25, 0.3) is 0 Å². The normalized spacial score (nSPS) is 15.1. The summed E-state index contributed by atoms with van der Waals surface area (Å²) in [7, 11) is 0. The molecule has 2 aromatic carbocycles. The fourth-order valence-electron chi connectivity index (χ4n) is 3.22. The van der Waals surface area contributed by atoms with Gasteiger partial charge in [0.15, 0.2) is 0 Å². The molecule has 0 saturated heterocycles. The first kappa shape index (κ1) is 17.3. The summed E-state index contributed by atoms with van der Waals surface area (Å²) in [6.07, 6.45) is 3.38. The summed E-state index contributed by atoms with van der Waals surface area (Å²) < 4.78 is 5.02. The second kappa shape index (κ2) is 6.75. The second-order valence-corrected chi connectivity index (χ2v) is 7.16. The molecule has 3 heteroatoms. The number of fused-ring (bicyclic) bond motifs is 1. The van der Waals surface area contributed by atoms with Gasteiger partial charge in [0.2, 0.25) is 0 Å². The minimum atomic E-state index is -0.285. The van der Waals surface area contributed by atoms with E-state index in [2.05, 4.69) is 50.4 Å². The lowest BCUT2D eigenvalue weighted by Crippen LogP contribution is -2.21. The molecule has 0 radical (unpaired) electrons. The predicted octanol–water partition coefficient (Wildman–Crippen LogP) is 5.69. The average Bonchev–Trinajstić information content (AvgIpc) is 2.59. The number of carbonyl (C=O) groups excluding carboxylic acids is 1. The lowest BCUT2D eigenvalue weighted by Gasteiger charge is -2.31. The summed E-state index contributed by atoms with van der Waals surface area (Å²) in [5.41, 5.74) is 6.78. The van der Waals surface area contributed by atoms with Gasteiger partial charge in [0.1, 0.15) is 0 Å². The van der Waals surface area contributed by atoms with Crippen molar-refractivity contribution >= 4 is 22.9 Å². The Balaban J connectivity index is 1.82. The number of allylic oxidation sites excluding steroid dienone is 2. The SMILES string of the molecule is CCOC(=O)c1ccc(Nc2ccc3c(c2)C(C)(C)CC=C3C)cc1. The maximum atomic E-state index is 11.7. The molecule has 0 aliphatic heterocycles. The molecular weight excluding hydrogens is 310 g/mol. The van der Waals surface area contributed by atoms with Gasteiger partial charge in [-0.2, -0.15) is 0 Å². The Kier molecular flexibility index (Phi) is 4.67. The summed E-state index contributed by atoms with van der Waals surface area (Å²) in [6, 6.07) is 13.9. The van der Waals surface area contributed by atoms with E-state index in [1.807, 2.05) is 19.1 Å². The molecule has 0 fully saturated rings. The third-order valence-corrected chi connectivity index (χ3v) is 4.78. The number of nitrogens with one attached hydrogen (secondary N) is 1. The van der Waals surface area contributed by atoms with Gasteiger partial charge < -0.3 is 10.1 Å². The minimum Gasteiger partial charge on any atom is -0.462 e. The van der Waals surface area contributed by atoms with E-state index in [-0.39, 0.29) is 11.4 Å². The van der Waals surface area contributed by atoms with Crippen LogP contribution in [0.15, 0.2) is 48.5 Å². The third-order valence-electron chi connectivity index (χ3n) is 4.78. The van der Waals surface area contributed by atoms with E-state index < -0.39 is 0 Å². The Morgan fingerprint density at radius 3 is 2.48 bits per heavy atom. The molecule has 130 valence electrons. The fourth-order valence-corrected chi connectivity index (χ4v) is 3.22. The van der Waals surface area contributed by atoms with Crippen LogP contribution in [0.3, 0.4) is 0 Å². The molecule has 1 N–H and O–H groups in total. The van der Waals surface area contributed by atoms with Crippen LogP contribution in [-0.2, 0) is 10.2 Å². The molecule has 25 heavy (non-hydrogen) atoms. The van der Waals surface area contributed by atoms with Crippen molar-refractivity contribution in [3.05, 3.63) is 65.2 Å². The van der Waals surface area contributed by atoms with Crippen molar-refractivity contribution in [2.24, 2.45) is 0 Å². The van der Waals surface area contributed by atoms with Crippen LogP contribution in [0.2, 0.25) is 0 Å². The lowest BCUT2D eigenvalue weighted by atomic mass is 9.73. The highest BCUT2D eigenvalue weighted by Crippen LogP contribution is 2.40. The third kappa shape index (κ3) is 3.60. The molecule has 3 rings (SSSR count). The molecule has 2 aromatic rings. The molecule has 3 nitrogen and oxygen atoms in total. The summed E-state index contributed by atoms with van der Waals surface area (Å²) in [5, 5.41) is 3.43. The molecule has 1 aliphatic carbocycles. The van der Waals surface area contributed by atoms with Gasteiger partial charge in [0.05, 0.1) is 12.2 Å². The zero-order chi connectivity index (χ0) is 18.0. The van der Waals surface area contributed by atoms with Crippen molar-refractivity contribution in [2.45, 2.75) is 39.5 Å². The number of anilines is 2. The van der Waals surface area contributed by atoms with Crippen molar-refractivity contribution in [3.63, 3.8) is 0 Å². The van der Waals surface area contributed by atoms with Gasteiger partial charge in [-0.25, -0.2) is 4.79 Å². The number of hydrogen-bond donors (Lipinski definition) is 1. The van der Waals surface area contributed by atoms with Gasteiger partial charge in [-0.15, -0.1) is 0 Å². The molecule has 0 saturated carbocycles. The first-order chi connectivity index (χ1) is 11.9.